The molecule has 1 aromatic carbocycles. The zero-order valence-electron chi connectivity index (χ0n) is 11.6. The number of anilines is 1. The Morgan fingerprint density at radius 2 is 1.89 bits per heavy atom. The summed E-state index contributed by atoms with van der Waals surface area (Å²) < 4.78 is 4.75. The van der Waals surface area contributed by atoms with Crippen LogP contribution in [0.1, 0.15) is 32.8 Å². The normalized spacial score (nSPS) is 10.3. The molecule has 0 aliphatic rings. The Kier molecular flexibility index (Phi) is 5.48. The first-order valence-electron chi connectivity index (χ1n) is 6.55. The Hall–Kier alpha value is -1.91. The summed E-state index contributed by atoms with van der Waals surface area (Å²) in [7, 11) is 0. The van der Waals surface area contributed by atoms with Gasteiger partial charge in [-0.2, -0.15) is 0 Å². The number of carboxylic acid groups (broad SMARTS) is 1. The zero-order chi connectivity index (χ0) is 14.4. The molecule has 0 heterocycles. The molecule has 0 bridgehead atoms. The maximum Gasteiger partial charge on any atom is 0.511 e. The van der Waals surface area contributed by atoms with Gasteiger partial charge in [-0.3, -0.25) is 0 Å². The van der Waals surface area contributed by atoms with Crippen molar-refractivity contribution in [2.24, 2.45) is 0 Å². The van der Waals surface area contributed by atoms with E-state index in [4.69, 9.17) is 9.84 Å². The lowest BCUT2D eigenvalue weighted by molar-refractivity contribution is 0.142. The standard InChI is InChI=1S/C14H21NO4/c1-4-7-10-8-9-11(15(5-2)6-3)12(16)13(10)19-14(17)18/h8-9,16H,4-7H2,1-3H3,(H,17,18). The molecule has 5 heteroatoms. The summed E-state index contributed by atoms with van der Waals surface area (Å²) in [5.41, 5.74) is 1.31. The molecule has 5 nitrogen and oxygen atoms in total. The minimum atomic E-state index is -1.41. The molecule has 0 saturated carbocycles. The van der Waals surface area contributed by atoms with E-state index in [0.717, 1.165) is 19.5 Å². The Morgan fingerprint density at radius 1 is 1.26 bits per heavy atom. The molecule has 2 N–H and O–H groups in total. The molecule has 106 valence electrons. The maximum atomic E-state index is 10.8. The van der Waals surface area contributed by atoms with Crippen LogP contribution in [0.5, 0.6) is 11.5 Å². The number of carbonyl (C=O) groups is 1. The van der Waals surface area contributed by atoms with Crippen LogP contribution in [0.2, 0.25) is 0 Å². The lowest BCUT2D eigenvalue weighted by Crippen LogP contribution is -2.22. The fraction of sp³-hybridized carbons (Fsp3) is 0.500. The van der Waals surface area contributed by atoms with E-state index in [2.05, 4.69) is 0 Å². The van der Waals surface area contributed by atoms with Crippen LogP contribution < -0.4 is 9.64 Å². The summed E-state index contributed by atoms with van der Waals surface area (Å²) in [6.07, 6.45) is 0.0960. The van der Waals surface area contributed by atoms with Crippen LogP contribution in [-0.2, 0) is 6.42 Å². The van der Waals surface area contributed by atoms with Crippen molar-refractivity contribution < 1.29 is 19.7 Å². The second-order valence-electron chi connectivity index (χ2n) is 4.21. The number of ether oxygens (including phenoxy) is 1. The molecular formula is C14H21NO4. The highest BCUT2D eigenvalue weighted by atomic mass is 16.7. The van der Waals surface area contributed by atoms with Crippen molar-refractivity contribution in [2.75, 3.05) is 18.0 Å². The minimum Gasteiger partial charge on any atom is -0.503 e. The van der Waals surface area contributed by atoms with E-state index in [-0.39, 0.29) is 11.5 Å². The maximum absolute atomic E-state index is 10.8. The van der Waals surface area contributed by atoms with E-state index >= 15 is 0 Å². The van der Waals surface area contributed by atoms with Gasteiger partial charge in [-0.05, 0) is 31.9 Å². The van der Waals surface area contributed by atoms with Gasteiger partial charge < -0.3 is 19.8 Å². The van der Waals surface area contributed by atoms with Crippen molar-refractivity contribution in [3.63, 3.8) is 0 Å². The van der Waals surface area contributed by atoms with Crippen molar-refractivity contribution in [2.45, 2.75) is 33.6 Å². The molecule has 1 aromatic rings. The summed E-state index contributed by atoms with van der Waals surface area (Å²) in [6, 6.07) is 3.62. The van der Waals surface area contributed by atoms with Crippen LogP contribution in [-0.4, -0.2) is 29.5 Å². The van der Waals surface area contributed by atoms with E-state index in [0.29, 0.717) is 17.7 Å². The van der Waals surface area contributed by atoms with Crippen molar-refractivity contribution >= 4 is 11.8 Å². The van der Waals surface area contributed by atoms with Gasteiger partial charge in [0.1, 0.15) is 0 Å². The number of aryl methyl sites for hydroxylation is 1. The van der Waals surface area contributed by atoms with E-state index in [1.54, 1.807) is 0 Å². The molecule has 19 heavy (non-hydrogen) atoms. The van der Waals surface area contributed by atoms with Gasteiger partial charge in [0.2, 0.25) is 0 Å². The smallest absolute Gasteiger partial charge is 0.503 e. The molecule has 1 rings (SSSR count). The van der Waals surface area contributed by atoms with Gasteiger partial charge in [-0.25, -0.2) is 4.79 Å². The Bertz CT molecular complexity index is 441. The van der Waals surface area contributed by atoms with E-state index in [9.17, 15) is 9.90 Å². The van der Waals surface area contributed by atoms with Gasteiger partial charge in [0.05, 0.1) is 5.69 Å². The van der Waals surface area contributed by atoms with Gasteiger partial charge in [0, 0.05) is 13.1 Å². The topological polar surface area (TPSA) is 70.0 Å². The average molecular weight is 267 g/mol. The number of hydrogen-bond acceptors (Lipinski definition) is 4. The molecule has 0 spiro atoms. The summed E-state index contributed by atoms with van der Waals surface area (Å²) in [6.45, 7) is 7.38. The first kappa shape index (κ1) is 15.1. The van der Waals surface area contributed by atoms with Gasteiger partial charge in [-0.1, -0.05) is 19.4 Å². The molecule has 0 aromatic heterocycles. The van der Waals surface area contributed by atoms with E-state index < -0.39 is 6.16 Å². The van der Waals surface area contributed by atoms with E-state index in [1.807, 2.05) is 37.8 Å². The summed E-state index contributed by atoms with van der Waals surface area (Å²) >= 11 is 0. The van der Waals surface area contributed by atoms with Crippen LogP contribution in [0.15, 0.2) is 12.1 Å². The summed E-state index contributed by atoms with van der Waals surface area (Å²) in [5, 5.41) is 19.0. The molecule has 0 aliphatic heterocycles. The zero-order valence-corrected chi connectivity index (χ0v) is 11.6. The number of rotatable bonds is 6. The first-order chi connectivity index (χ1) is 9.04. The number of benzene rings is 1. The minimum absolute atomic E-state index is 0.0544. The van der Waals surface area contributed by atoms with Crippen LogP contribution in [0.25, 0.3) is 0 Å². The second kappa shape index (κ2) is 6.87. The Balaban J connectivity index is 3.27. The highest BCUT2D eigenvalue weighted by Gasteiger charge is 2.19. The molecule has 0 amide bonds. The summed E-state index contributed by atoms with van der Waals surface area (Å²) in [5.74, 6) is -0.0456. The van der Waals surface area contributed by atoms with Gasteiger partial charge in [-0.15, -0.1) is 0 Å². The molecular weight excluding hydrogens is 246 g/mol. The quantitative estimate of drug-likeness (QED) is 0.611. The van der Waals surface area contributed by atoms with Crippen molar-refractivity contribution in [1.82, 2.24) is 0 Å². The second-order valence-corrected chi connectivity index (χ2v) is 4.21. The number of nitrogens with zero attached hydrogens (tertiary/aromatic N) is 1. The number of phenolic OH excluding ortho intramolecular Hbond substituents is 1. The lowest BCUT2D eigenvalue weighted by atomic mass is 10.1. The summed E-state index contributed by atoms with van der Waals surface area (Å²) in [4.78, 5) is 12.7. The van der Waals surface area contributed by atoms with Gasteiger partial charge in [0.25, 0.3) is 0 Å². The predicted octanol–water partition coefficient (Wildman–Crippen LogP) is 3.25. The average Bonchev–Trinajstić information content (AvgIpc) is 2.37. The number of hydrogen-bond donors (Lipinski definition) is 2. The molecule has 0 atom stereocenters. The molecule has 0 saturated heterocycles. The lowest BCUT2D eigenvalue weighted by Gasteiger charge is -2.23. The monoisotopic (exact) mass is 267 g/mol. The molecule has 0 fully saturated rings. The van der Waals surface area contributed by atoms with Crippen molar-refractivity contribution in [3.05, 3.63) is 17.7 Å². The predicted molar refractivity (Wildman–Crippen MR) is 74.3 cm³/mol. The fourth-order valence-electron chi connectivity index (χ4n) is 2.09. The third-order valence-corrected chi connectivity index (χ3v) is 3.00. The number of phenols is 1. The highest BCUT2D eigenvalue weighted by Crippen LogP contribution is 2.40. The van der Waals surface area contributed by atoms with Crippen LogP contribution in [0, 0.1) is 0 Å². The molecule has 0 aliphatic carbocycles. The van der Waals surface area contributed by atoms with Gasteiger partial charge in [0.15, 0.2) is 11.5 Å². The van der Waals surface area contributed by atoms with Crippen molar-refractivity contribution in [1.29, 1.82) is 0 Å². The third-order valence-electron chi connectivity index (χ3n) is 3.00. The van der Waals surface area contributed by atoms with Gasteiger partial charge >= 0.3 is 6.16 Å². The largest absolute Gasteiger partial charge is 0.511 e. The molecule has 0 radical (unpaired) electrons. The Morgan fingerprint density at radius 3 is 2.37 bits per heavy atom. The third kappa shape index (κ3) is 3.53. The van der Waals surface area contributed by atoms with Crippen LogP contribution in [0.3, 0.4) is 0 Å². The number of aromatic hydroxyl groups is 1. The van der Waals surface area contributed by atoms with E-state index in [1.165, 1.54) is 0 Å². The fourth-order valence-corrected chi connectivity index (χ4v) is 2.09. The SMILES string of the molecule is CCCc1ccc(N(CC)CC)c(O)c1OC(=O)O. The first-order valence-corrected chi connectivity index (χ1v) is 6.55. The molecule has 0 unspecified atom stereocenters. The van der Waals surface area contributed by atoms with Crippen LogP contribution in [0.4, 0.5) is 10.5 Å². The Labute approximate surface area is 113 Å². The van der Waals surface area contributed by atoms with Crippen molar-refractivity contribution in [3.8, 4) is 11.5 Å². The van der Waals surface area contributed by atoms with Crippen LogP contribution >= 0.6 is 0 Å². The highest BCUT2D eigenvalue weighted by molar-refractivity contribution is 5.71.